The van der Waals surface area contributed by atoms with Crippen LogP contribution < -0.4 is 5.73 Å². The number of halogens is 1. The summed E-state index contributed by atoms with van der Waals surface area (Å²) in [7, 11) is 0. The van der Waals surface area contributed by atoms with Gasteiger partial charge in [-0.15, -0.1) is 12.4 Å². The van der Waals surface area contributed by atoms with Gasteiger partial charge in [-0.1, -0.05) is 13.8 Å². The van der Waals surface area contributed by atoms with E-state index in [-0.39, 0.29) is 24.4 Å². The summed E-state index contributed by atoms with van der Waals surface area (Å²) in [5.41, 5.74) is 5.60. The highest BCUT2D eigenvalue weighted by atomic mass is 35.5. The number of hydrogen-bond acceptors (Lipinski definition) is 4. The Morgan fingerprint density at radius 3 is 2.53 bits per heavy atom. The molecular weight excluding hydrogens is 266 g/mol. The Bertz CT molecular complexity index is 248. The third kappa shape index (κ3) is 6.56. The number of nitrogens with two attached hydrogens (primary N) is 1. The van der Waals surface area contributed by atoms with Gasteiger partial charge in [0.1, 0.15) is 0 Å². The molecule has 5 nitrogen and oxygen atoms in total. The van der Waals surface area contributed by atoms with Gasteiger partial charge in [-0.25, -0.2) is 0 Å². The molecule has 6 heteroatoms. The lowest BCUT2D eigenvalue weighted by Crippen LogP contribution is -2.49. The lowest BCUT2D eigenvalue weighted by atomic mass is 10.2. The van der Waals surface area contributed by atoms with Crippen molar-refractivity contribution >= 4 is 18.3 Å². The van der Waals surface area contributed by atoms with Gasteiger partial charge in [0, 0.05) is 32.7 Å². The third-order valence-electron chi connectivity index (χ3n) is 3.18. The van der Waals surface area contributed by atoms with Crippen molar-refractivity contribution in [3.8, 4) is 0 Å². The van der Waals surface area contributed by atoms with Crippen LogP contribution in [-0.4, -0.2) is 67.7 Å². The van der Waals surface area contributed by atoms with E-state index in [4.69, 9.17) is 10.5 Å². The average molecular weight is 294 g/mol. The molecule has 0 saturated carbocycles. The van der Waals surface area contributed by atoms with E-state index >= 15 is 0 Å². The van der Waals surface area contributed by atoms with E-state index in [0.717, 1.165) is 39.0 Å². The van der Waals surface area contributed by atoms with Crippen molar-refractivity contribution in [2.45, 2.75) is 32.8 Å². The van der Waals surface area contributed by atoms with Gasteiger partial charge in [0.15, 0.2) is 0 Å². The van der Waals surface area contributed by atoms with Gasteiger partial charge in [-0.3, -0.25) is 9.69 Å². The predicted octanol–water partition coefficient (Wildman–Crippen LogP) is 0.716. The molecule has 19 heavy (non-hydrogen) atoms. The van der Waals surface area contributed by atoms with Crippen molar-refractivity contribution in [2.75, 3.05) is 45.9 Å². The maximum absolute atomic E-state index is 12.2. The SMILES string of the molecule is CCCN(CCC)C(=O)CN1CCOC(CN)C1.Cl. The molecule has 0 aromatic rings. The van der Waals surface area contributed by atoms with Gasteiger partial charge in [-0.05, 0) is 12.8 Å². The summed E-state index contributed by atoms with van der Waals surface area (Å²) in [4.78, 5) is 16.3. The molecule has 1 atom stereocenters. The first-order chi connectivity index (χ1) is 8.71. The molecule has 1 rings (SSSR count). The monoisotopic (exact) mass is 293 g/mol. The second-order valence-corrected chi connectivity index (χ2v) is 4.84. The van der Waals surface area contributed by atoms with Crippen molar-refractivity contribution in [2.24, 2.45) is 5.73 Å². The molecule has 1 unspecified atom stereocenters. The fraction of sp³-hybridized carbons (Fsp3) is 0.923. The smallest absolute Gasteiger partial charge is 0.236 e. The van der Waals surface area contributed by atoms with Crippen LogP contribution in [0.4, 0.5) is 0 Å². The average Bonchev–Trinajstić information content (AvgIpc) is 2.38. The molecular formula is C13H28ClN3O2. The number of nitrogens with zero attached hydrogens (tertiary/aromatic N) is 2. The summed E-state index contributed by atoms with van der Waals surface area (Å²) < 4.78 is 5.50. The number of hydrogen-bond donors (Lipinski definition) is 1. The maximum atomic E-state index is 12.2. The van der Waals surface area contributed by atoms with Gasteiger partial charge in [-0.2, -0.15) is 0 Å². The van der Waals surface area contributed by atoms with Gasteiger partial charge in [0.05, 0.1) is 19.3 Å². The van der Waals surface area contributed by atoms with E-state index in [2.05, 4.69) is 18.7 Å². The molecule has 1 amide bonds. The fourth-order valence-electron chi connectivity index (χ4n) is 2.26. The second kappa shape index (κ2) is 10.4. The molecule has 0 aromatic heterocycles. The molecule has 0 radical (unpaired) electrons. The zero-order valence-electron chi connectivity index (χ0n) is 12.1. The molecule has 0 aromatic carbocycles. The van der Waals surface area contributed by atoms with Crippen LogP contribution in [0.15, 0.2) is 0 Å². The van der Waals surface area contributed by atoms with Crippen molar-refractivity contribution in [1.82, 2.24) is 9.80 Å². The summed E-state index contributed by atoms with van der Waals surface area (Å²) in [6, 6.07) is 0. The zero-order valence-corrected chi connectivity index (χ0v) is 13.0. The van der Waals surface area contributed by atoms with Gasteiger partial charge in [0.2, 0.25) is 5.91 Å². The van der Waals surface area contributed by atoms with Gasteiger partial charge in [0.25, 0.3) is 0 Å². The predicted molar refractivity (Wildman–Crippen MR) is 79.6 cm³/mol. The molecule has 2 N–H and O–H groups in total. The second-order valence-electron chi connectivity index (χ2n) is 4.84. The largest absolute Gasteiger partial charge is 0.374 e. The lowest BCUT2D eigenvalue weighted by molar-refractivity contribution is -0.134. The number of amides is 1. The first-order valence-electron chi connectivity index (χ1n) is 7.03. The molecule has 0 aliphatic carbocycles. The van der Waals surface area contributed by atoms with Crippen LogP contribution in [0.25, 0.3) is 0 Å². The van der Waals surface area contributed by atoms with Crippen molar-refractivity contribution in [1.29, 1.82) is 0 Å². The van der Waals surface area contributed by atoms with Gasteiger partial charge >= 0.3 is 0 Å². The highest BCUT2D eigenvalue weighted by molar-refractivity contribution is 5.85. The number of rotatable bonds is 7. The first-order valence-corrected chi connectivity index (χ1v) is 7.03. The summed E-state index contributed by atoms with van der Waals surface area (Å²) in [6.45, 7) is 9.23. The summed E-state index contributed by atoms with van der Waals surface area (Å²) in [6.07, 6.45) is 2.11. The van der Waals surface area contributed by atoms with E-state index < -0.39 is 0 Å². The number of morpholine rings is 1. The van der Waals surface area contributed by atoms with Gasteiger partial charge < -0.3 is 15.4 Å². The van der Waals surface area contributed by atoms with Crippen LogP contribution >= 0.6 is 12.4 Å². The van der Waals surface area contributed by atoms with Crippen LogP contribution in [0.1, 0.15) is 26.7 Å². The fourth-order valence-corrected chi connectivity index (χ4v) is 2.26. The Morgan fingerprint density at radius 2 is 2.00 bits per heavy atom. The Balaban J connectivity index is 0.00000324. The molecule has 0 spiro atoms. The van der Waals surface area contributed by atoms with Crippen LogP contribution in [0, 0.1) is 0 Å². The normalized spacial score (nSPS) is 19.8. The van der Waals surface area contributed by atoms with E-state index in [0.29, 0.717) is 19.7 Å². The minimum atomic E-state index is 0. The first kappa shape index (κ1) is 18.6. The Kier molecular flexibility index (Phi) is 10.2. The Labute approximate surface area is 122 Å². The molecule has 1 fully saturated rings. The highest BCUT2D eigenvalue weighted by Gasteiger charge is 2.22. The van der Waals surface area contributed by atoms with Crippen molar-refractivity contribution < 1.29 is 9.53 Å². The van der Waals surface area contributed by atoms with Crippen LogP contribution in [0.2, 0.25) is 0 Å². The molecule has 1 heterocycles. The number of ether oxygens (including phenoxy) is 1. The molecule has 1 aliphatic heterocycles. The molecule has 0 bridgehead atoms. The van der Waals surface area contributed by atoms with Crippen LogP contribution in [-0.2, 0) is 9.53 Å². The van der Waals surface area contributed by atoms with Crippen LogP contribution in [0.3, 0.4) is 0 Å². The van der Waals surface area contributed by atoms with E-state index in [1.807, 2.05) is 4.90 Å². The zero-order chi connectivity index (χ0) is 13.4. The Hall–Kier alpha value is -0.360. The minimum Gasteiger partial charge on any atom is -0.374 e. The highest BCUT2D eigenvalue weighted by Crippen LogP contribution is 2.05. The summed E-state index contributed by atoms with van der Waals surface area (Å²) in [5.74, 6) is 0.233. The summed E-state index contributed by atoms with van der Waals surface area (Å²) >= 11 is 0. The maximum Gasteiger partial charge on any atom is 0.236 e. The number of carbonyl (C=O) groups is 1. The lowest BCUT2D eigenvalue weighted by Gasteiger charge is -2.33. The third-order valence-corrected chi connectivity index (χ3v) is 3.18. The van der Waals surface area contributed by atoms with E-state index in [9.17, 15) is 4.79 Å². The molecule has 1 saturated heterocycles. The molecule has 1 aliphatic rings. The number of carbonyl (C=O) groups excluding carboxylic acids is 1. The molecule has 114 valence electrons. The Morgan fingerprint density at radius 1 is 1.37 bits per heavy atom. The van der Waals surface area contributed by atoms with Crippen molar-refractivity contribution in [3.05, 3.63) is 0 Å². The quantitative estimate of drug-likeness (QED) is 0.751. The summed E-state index contributed by atoms with van der Waals surface area (Å²) in [5, 5.41) is 0. The van der Waals surface area contributed by atoms with E-state index in [1.54, 1.807) is 0 Å². The minimum absolute atomic E-state index is 0. The van der Waals surface area contributed by atoms with Crippen molar-refractivity contribution in [3.63, 3.8) is 0 Å². The topological polar surface area (TPSA) is 58.8 Å². The van der Waals surface area contributed by atoms with E-state index in [1.165, 1.54) is 0 Å². The standard InChI is InChI=1S/C13H27N3O2.ClH/c1-3-5-16(6-4-2)13(17)11-15-7-8-18-12(9-14)10-15;/h12H,3-11,14H2,1-2H3;1H. The van der Waals surface area contributed by atoms with Crippen LogP contribution in [0.5, 0.6) is 0 Å².